The predicted octanol–water partition coefficient (Wildman–Crippen LogP) is 4.11. The van der Waals surface area contributed by atoms with Crippen LogP contribution in [-0.4, -0.2) is 9.91 Å². The molecule has 0 aliphatic rings. The minimum Gasteiger partial charge on any atom is -0.258 e. The van der Waals surface area contributed by atoms with Crippen LogP contribution in [0.5, 0.6) is 0 Å². The Morgan fingerprint density at radius 1 is 1.27 bits per heavy atom. The number of halogens is 1. The van der Waals surface area contributed by atoms with Crippen LogP contribution in [0.2, 0.25) is 0 Å². The van der Waals surface area contributed by atoms with Crippen LogP contribution < -0.4 is 0 Å². The van der Waals surface area contributed by atoms with Gasteiger partial charge in [-0.3, -0.25) is 15.1 Å². The molecule has 0 N–H and O–H groups in total. The molecule has 0 fully saturated rings. The lowest BCUT2D eigenvalue weighted by atomic mass is 10.3. The van der Waals surface area contributed by atoms with Crippen molar-refractivity contribution in [2.24, 2.45) is 0 Å². The number of aromatic nitrogens is 1. The molecule has 0 aliphatic carbocycles. The Morgan fingerprint density at radius 3 is 2.07 bits per heavy atom. The van der Waals surface area contributed by atoms with Crippen molar-refractivity contribution < 1.29 is 4.92 Å². The maximum atomic E-state index is 10.3. The first-order valence-electron chi connectivity index (χ1n) is 4.87. The van der Waals surface area contributed by atoms with Gasteiger partial charge in [0.1, 0.15) is 6.20 Å². The summed E-state index contributed by atoms with van der Waals surface area (Å²) in [6, 6.07) is 0. The lowest BCUT2D eigenvalue weighted by Crippen LogP contribution is -1.92. The highest BCUT2D eigenvalue weighted by atomic mass is 79.9. The molecule has 0 unspecified atom stereocenters. The third-order valence-corrected chi connectivity index (χ3v) is 2.12. The van der Waals surface area contributed by atoms with E-state index in [0.717, 1.165) is 0 Å². The Labute approximate surface area is 99.0 Å². The minimum absolute atomic E-state index is 0.0411. The summed E-state index contributed by atoms with van der Waals surface area (Å²) in [6.45, 7) is 9.67. The molecule has 1 aromatic heterocycles. The van der Waals surface area contributed by atoms with Crippen LogP contribution in [0.3, 0.4) is 0 Å². The highest BCUT2D eigenvalue weighted by Crippen LogP contribution is 2.23. The summed E-state index contributed by atoms with van der Waals surface area (Å²) >= 11 is 3.15. The molecule has 0 atom stereocenters. The Bertz CT molecular complexity index is 303. The monoisotopic (exact) mass is 276 g/mol. The van der Waals surface area contributed by atoms with E-state index in [2.05, 4.69) is 20.9 Å². The molecule has 0 radical (unpaired) electrons. The fourth-order valence-corrected chi connectivity index (χ4v) is 0.995. The Balaban J connectivity index is 0. The highest BCUT2D eigenvalue weighted by molar-refractivity contribution is 9.10. The normalized spacial score (nSPS) is 7.87. The minimum atomic E-state index is -0.451. The van der Waals surface area contributed by atoms with Gasteiger partial charge in [-0.25, -0.2) is 0 Å². The van der Waals surface area contributed by atoms with E-state index in [-0.39, 0.29) is 5.69 Å². The van der Waals surface area contributed by atoms with E-state index in [9.17, 15) is 10.1 Å². The molecule has 15 heavy (non-hydrogen) atoms. The van der Waals surface area contributed by atoms with E-state index in [0.29, 0.717) is 10.0 Å². The molecule has 1 heterocycles. The van der Waals surface area contributed by atoms with Gasteiger partial charge >= 0.3 is 0 Å². The molecular formula is C10H17BrN2O2. The van der Waals surface area contributed by atoms with Crippen molar-refractivity contribution >= 4 is 21.6 Å². The van der Waals surface area contributed by atoms with Crippen LogP contribution in [0, 0.1) is 17.0 Å². The van der Waals surface area contributed by atoms with Gasteiger partial charge < -0.3 is 0 Å². The zero-order valence-corrected chi connectivity index (χ0v) is 11.3. The molecule has 86 valence electrons. The van der Waals surface area contributed by atoms with E-state index in [1.165, 1.54) is 12.4 Å². The van der Waals surface area contributed by atoms with Crippen LogP contribution in [0.1, 0.15) is 33.3 Å². The van der Waals surface area contributed by atoms with Crippen LogP contribution >= 0.6 is 15.9 Å². The van der Waals surface area contributed by atoms with Gasteiger partial charge in [-0.15, -0.1) is 0 Å². The number of nitro groups is 1. The summed E-state index contributed by atoms with van der Waals surface area (Å²) in [4.78, 5) is 13.5. The van der Waals surface area contributed by atoms with Crippen molar-refractivity contribution in [1.29, 1.82) is 0 Å². The van der Waals surface area contributed by atoms with Gasteiger partial charge in [0.2, 0.25) is 0 Å². The third-order valence-electron chi connectivity index (χ3n) is 1.32. The molecule has 0 bridgehead atoms. The van der Waals surface area contributed by atoms with Gasteiger partial charge in [-0.05, 0) is 22.9 Å². The zero-order chi connectivity index (χ0) is 12.4. The molecule has 4 nitrogen and oxygen atoms in total. The summed E-state index contributed by atoms with van der Waals surface area (Å²) in [5.41, 5.74) is 0.643. The second-order valence-corrected chi connectivity index (χ2v) is 2.88. The van der Waals surface area contributed by atoms with E-state index in [1.54, 1.807) is 6.92 Å². The highest BCUT2D eigenvalue weighted by Gasteiger charge is 2.11. The molecule has 1 aromatic rings. The molecule has 0 aliphatic heterocycles. The standard InChI is InChI=1S/C6H5BrN2O2.2C2H6/c1-4-5(7)2-8-3-6(4)9(10)11;2*1-2/h2-3H,1H3;2*1-2H3. The van der Waals surface area contributed by atoms with Crippen molar-refractivity contribution in [3.63, 3.8) is 0 Å². The quantitative estimate of drug-likeness (QED) is 0.573. The number of nitrogens with zero attached hydrogens (tertiary/aromatic N) is 2. The van der Waals surface area contributed by atoms with E-state index < -0.39 is 4.92 Å². The number of hydrogen-bond acceptors (Lipinski definition) is 3. The smallest absolute Gasteiger partial charge is 0.258 e. The third kappa shape index (κ3) is 5.47. The van der Waals surface area contributed by atoms with E-state index >= 15 is 0 Å². The van der Waals surface area contributed by atoms with Crippen LogP contribution in [-0.2, 0) is 0 Å². The summed E-state index contributed by atoms with van der Waals surface area (Å²) in [5.74, 6) is 0. The lowest BCUT2D eigenvalue weighted by molar-refractivity contribution is -0.385. The summed E-state index contributed by atoms with van der Waals surface area (Å²) in [5, 5.41) is 10.3. The molecule has 5 heteroatoms. The fourth-order valence-electron chi connectivity index (χ4n) is 0.673. The zero-order valence-electron chi connectivity index (χ0n) is 9.74. The Morgan fingerprint density at radius 2 is 1.73 bits per heavy atom. The van der Waals surface area contributed by atoms with E-state index in [1.807, 2.05) is 27.7 Å². The molecule has 1 rings (SSSR count). The average Bonchev–Trinajstić information content (AvgIpc) is 2.27. The lowest BCUT2D eigenvalue weighted by Gasteiger charge is -1.96. The molecule has 0 saturated heterocycles. The summed E-state index contributed by atoms with van der Waals surface area (Å²) < 4.78 is 0.659. The van der Waals surface area contributed by atoms with Crippen LogP contribution in [0.4, 0.5) is 5.69 Å². The van der Waals surface area contributed by atoms with Crippen LogP contribution in [0.15, 0.2) is 16.9 Å². The first kappa shape index (κ1) is 16.5. The maximum Gasteiger partial charge on any atom is 0.291 e. The molecule has 0 aromatic carbocycles. The largest absolute Gasteiger partial charge is 0.291 e. The molecule has 0 spiro atoms. The second-order valence-electron chi connectivity index (χ2n) is 2.02. The Kier molecular flexibility index (Phi) is 10.5. The van der Waals surface area contributed by atoms with Gasteiger partial charge in [-0.2, -0.15) is 0 Å². The average molecular weight is 277 g/mol. The number of pyridine rings is 1. The van der Waals surface area contributed by atoms with E-state index in [4.69, 9.17) is 0 Å². The van der Waals surface area contributed by atoms with Gasteiger partial charge in [0, 0.05) is 16.2 Å². The predicted molar refractivity (Wildman–Crippen MR) is 66.0 cm³/mol. The first-order valence-corrected chi connectivity index (χ1v) is 5.66. The van der Waals surface area contributed by atoms with Gasteiger partial charge in [0.25, 0.3) is 5.69 Å². The molecule has 0 amide bonds. The van der Waals surface area contributed by atoms with Crippen LogP contribution in [0.25, 0.3) is 0 Å². The summed E-state index contributed by atoms with van der Waals surface area (Å²) in [6.07, 6.45) is 2.77. The summed E-state index contributed by atoms with van der Waals surface area (Å²) in [7, 11) is 0. The maximum absolute atomic E-state index is 10.3. The molecular weight excluding hydrogens is 260 g/mol. The SMILES string of the molecule is CC.CC.Cc1c(Br)cncc1[N+](=O)[O-]. The van der Waals surface area contributed by atoms with Crippen molar-refractivity contribution in [3.05, 3.63) is 32.5 Å². The topological polar surface area (TPSA) is 56.0 Å². The Hall–Kier alpha value is -0.970. The van der Waals surface area contributed by atoms with Crippen molar-refractivity contribution in [2.75, 3.05) is 0 Å². The molecule has 0 saturated carbocycles. The van der Waals surface area contributed by atoms with Gasteiger partial charge in [-0.1, -0.05) is 27.7 Å². The fraction of sp³-hybridized carbons (Fsp3) is 0.500. The van der Waals surface area contributed by atoms with Crippen molar-refractivity contribution in [2.45, 2.75) is 34.6 Å². The van der Waals surface area contributed by atoms with Crippen molar-refractivity contribution in [1.82, 2.24) is 4.98 Å². The van der Waals surface area contributed by atoms with Gasteiger partial charge in [0.15, 0.2) is 0 Å². The van der Waals surface area contributed by atoms with Gasteiger partial charge in [0.05, 0.1) is 4.92 Å². The first-order chi connectivity index (χ1) is 7.13. The van der Waals surface area contributed by atoms with Crippen molar-refractivity contribution in [3.8, 4) is 0 Å². The second kappa shape index (κ2) is 9.58. The number of rotatable bonds is 1. The number of hydrogen-bond donors (Lipinski definition) is 0.